The summed E-state index contributed by atoms with van der Waals surface area (Å²) in [6.45, 7) is 2.67. The first-order chi connectivity index (χ1) is 8.49. The Labute approximate surface area is 103 Å². The van der Waals surface area contributed by atoms with Crippen LogP contribution < -0.4 is 4.90 Å². The number of carbonyl (C=O) groups is 1. The van der Waals surface area contributed by atoms with Gasteiger partial charge in [0.1, 0.15) is 0 Å². The number of pyridine rings is 1. The van der Waals surface area contributed by atoms with E-state index in [1.807, 2.05) is 0 Å². The highest BCUT2D eigenvalue weighted by atomic mass is 16.6. The molecule has 0 atom stereocenters. The monoisotopic (exact) mass is 251 g/mol. The predicted octanol–water partition coefficient (Wildman–Crippen LogP) is 1.21. The summed E-state index contributed by atoms with van der Waals surface area (Å²) in [6, 6.07) is 1.59. The van der Waals surface area contributed by atoms with Crippen LogP contribution in [0.1, 0.15) is 12.0 Å². The summed E-state index contributed by atoms with van der Waals surface area (Å²) >= 11 is 0. The summed E-state index contributed by atoms with van der Waals surface area (Å²) in [5.41, 5.74) is 0.568. The molecule has 1 saturated heterocycles. The number of nitrogens with zero attached hydrogens (tertiary/aromatic N) is 3. The van der Waals surface area contributed by atoms with Crippen LogP contribution in [0, 0.1) is 23.0 Å². The highest BCUT2D eigenvalue weighted by molar-refractivity contribution is 5.68. The third-order valence-electron chi connectivity index (χ3n) is 3.01. The predicted molar refractivity (Wildman–Crippen MR) is 63.6 cm³/mol. The lowest BCUT2D eigenvalue weighted by Crippen LogP contribution is -2.48. The first-order valence-electron chi connectivity index (χ1n) is 5.55. The molecular weight excluding hydrogens is 238 g/mol. The zero-order chi connectivity index (χ0) is 13.3. The smallest absolute Gasteiger partial charge is 0.314 e. The molecule has 2 heterocycles. The Morgan fingerprint density at radius 1 is 1.67 bits per heavy atom. The first-order valence-corrected chi connectivity index (χ1v) is 5.55. The van der Waals surface area contributed by atoms with Crippen LogP contribution in [0.15, 0.2) is 12.3 Å². The molecule has 1 fully saturated rings. The van der Waals surface area contributed by atoms with E-state index < -0.39 is 10.9 Å². The number of carboxylic acid groups (broad SMARTS) is 1. The van der Waals surface area contributed by atoms with E-state index in [1.54, 1.807) is 17.9 Å². The second kappa shape index (κ2) is 4.59. The lowest BCUT2D eigenvalue weighted by Gasteiger charge is -2.39. The van der Waals surface area contributed by atoms with Crippen molar-refractivity contribution in [1.82, 2.24) is 4.98 Å². The van der Waals surface area contributed by atoms with Crippen molar-refractivity contribution >= 4 is 17.5 Å². The van der Waals surface area contributed by atoms with Crippen molar-refractivity contribution in [2.24, 2.45) is 5.92 Å². The van der Waals surface area contributed by atoms with Gasteiger partial charge in [0, 0.05) is 30.8 Å². The van der Waals surface area contributed by atoms with Gasteiger partial charge < -0.3 is 10.0 Å². The summed E-state index contributed by atoms with van der Waals surface area (Å²) in [7, 11) is 0. The second-order valence-electron chi connectivity index (χ2n) is 4.43. The maximum Gasteiger partial charge on any atom is 0.314 e. The van der Waals surface area contributed by atoms with Crippen LogP contribution in [-0.4, -0.2) is 34.1 Å². The second-order valence-corrected chi connectivity index (χ2v) is 4.43. The molecule has 0 spiro atoms. The summed E-state index contributed by atoms with van der Waals surface area (Å²) in [4.78, 5) is 26.9. The lowest BCUT2D eigenvalue weighted by atomic mass is 9.96. The number of hydrogen-bond acceptors (Lipinski definition) is 5. The molecule has 1 N–H and O–H groups in total. The number of aryl methyl sites for hydroxylation is 1. The van der Waals surface area contributed by atoms with Crippen molar-refractivity contribution in [3.63, 3.8) is 0 Å². The molecule has 0 radical (unpaired) electrons. The summed E-state index contributed by atoms with van der Waals surface area (Å²) in [5, 5.41) is 19.6. The number of carboxylic acids is 1. The molecule has 18 heavy (non-hydrogen) atoms. The molecule has 0 aromatic carbocycles. The van der Waals surface area contributed by atoms with Gasteiger partial charge in [0.15, 0.2) is 0 Å². The number of aliphatic carboxylic acids is 1. The first kappa shape index (κ1) is 12.3. The lowest BCUT2D eigenvalue weighted by molar-refractivity contribution is -0.385. The quantitative estimate of drug-likeness (QED) is 0.638. The Hall–Kier alpha value is -2.18. The largest absolute Gasteiger partial charge is 0.481 e. The molecule has 1 aliphatic rings. The molecule has 2 rings (SSSR count). The molecule has 96 valence electrons. The average Bonchev–Trinajstić information content (AvgIpc) is 2.21. The fraction of sp³-hybridized carbons (Fsp3) is 0.455. The molecule has 0 saturated carbocycles. The minimum absolute atomic E-state index is 0.00581. The zero-order valence-electron chi connectivity index (χ0n) is 9.87. The van der Waals surface area contributed by atoms with Gasteiger partial charge >= 0.3 is 11.7 Å². The highest BCUT2D eigenvalue weighted by Gasteiger charge is 2.34. The van der Waals surface area contributed by atoms with E-state index >= 15 is 0 Å². The van der Waals surface area contributed by atoms with Gasteiger partial charge in [-0.1, -0.05) is 0 Å². The molecule has 0 bridgehead atoms. The number of hydrogen-bond donors (Lipinski definition) is 1. The average molecular weight is 251 g/mol. The van der Waals surface area contributed by atoms with Gasteiger partial charge in [-0.2, -0.15) is 0 Å². The van der Waals surface area contributed by atoms with E-state index in [4.69, 9.17) is 5.11 Å². The number of nitro groups is 1. The SMILES string of the molecule is Cc1ccnc(N2CC(CC(=O)O)C2)c1[N+](=O)[O-]. The summed E-state index contributed by atoms with van der Waals surface area (Å²) in [5.74, 6) is -0.461. The number of aromatic nitrogens is 1. The van der Waals surface area contributed by atoms with Crippen LogP contribution in [0.25, 0.3) is 0 Å². The van der Waals surface area contributed by atoms with Gasteiger partial charge in [-0.25, -0.2) is 4.98 Å². The maximum atomic E-state index is 11.0. The summed E-state index contributed by atoms with van der Waals surface area (Å²) < 4.78 is 0. The molecule has 7 heteroatoms. The molecule has 0 aliphatic carbocycles. The summed E-state index contributed by atoms with van der Waals surface area (Å²) in [6.07, 6.45) is 1.62. The van der Waals surface area contributed by atoms with Crippen LogP contribution >= 0.6 is 0 Å². The molecule has 0 unspecified atom stereocenters. The van der Waals surface area contributed by atoms with Crippen molar-refractivity contribution in [3.05, 3.63) is 27.9 Å². The van der Waals surface area contributed by atoms with Gasteiger partial charge in [0.05, 0.1) is 11.3 Å². The molecule has 0 amide bonds. The Morgan fingerprint density at radius 2 is 2.33 bits per heavy atom. The minimum Gasteiger partial charge on any atom is -0.481 e. The van der Waals surface area contributed by atoms with E-state index in [-0.39, 0.29) is 18.0 Å². The van der Waals surface area contributed by atoms with Crippen molar-refractivity contribution in [3.8, 4) is 0 Å². The van der Waals surface area contributed by atoms with Crippen molar-refractivity contribution in [2.45, 2.75) is 13.3 Å². The molecule has 1 aliphatic heterocycles. The molecular formula is C11H13N3O4. The fourth-order valence-electron chi connectivity index (χ4n) is 2.11. The van der Waals surface area contributed by atoms with Crippen LogP contribution in [0.5, 0.6) is 0 Å². The Kier molecular flexibility index (Phi) is 3.14. The van der Waals surface area contributed by atoms with Gasteiger partial charge in [-0.3, -0.25) is 14.9 Å². The Morgan fingerprint density at radius 3 is 2.89 bits per heavy atom. The van der Waals surface area contributed by atoms with Gasteiger partial charge in [-0.15, -0.1) is 0 Å². The Bertz CT molecular complexity index is 497. The van der Waals surface area contributed by atoms with E-state index in [2.05, 4.69) is 4.98 Å². The highest BCUT2D eigenvalue weighted by Crippen LogP contribution is 2.33. The van der Waals surface area contributed by atoms with Crippen molar-refractivity contribution in [2.75, 3.05) is 18.0 Å². The molecule has 7 nitrogen and oxygen atoms in total. The van der Waals surface area contributed by atoms with E-state index in [0.29, 0.717) is 24.5 Å². The van der Waals surface area contributed by atoms with E-state index in [9.17, 15) is 14.9 Å². The molecule has 1 aromatic heterocycles. The third-order valence-corrected chi connectivity index (χ3v) is 3.01. The van der Waals surface area contributed by atoms with Crippen LogP contribution in [0.4, 0.5) is 11.5 Å². The Balaban J connectivity index is 2.14. The van der Waals surface area contributed by atoms with E-state index in [1.165, 1.54) is 6.20 Å². The van der Waals surface area contributed by atoms with E-state index in [0.717, 1.165) is 0 Å². The third kappa shape index (κ3) is 2.24. The minimum atomic E-state index is -0.841. The van der Waals surface area contributed by atoms with Crippen molar-refractivity contribution in [1.29, 1.82) is 0 Å². The van der Waals surface area contributed by atoms with Gasteiger partial charge in [0.25, 0.3) is 0 Å². The standard InChI is InChI=1S/C11H13N3O4/c1-7-2-3-12-11(10(7)14(17)18)13-5-8(6-13)4-9(15)16/h2-3,8H,4-6H2,1H3,(H,15,16). The van der Waals surface area contributed by atoms with Gasteiger partial charge in [0.2, 0.25) is 5.82 Å². The normalized spacial score (nSPS) is 15.3. The number of anilines is 1. The van der Waals surface area contributed by atoms with Crippen molar-refractivity contribution < 1.29 is 14.8 Å². The number of rotatable bonds is 4. The van der Waals surface area contributed by atoms with Crippen LogP contribution in [0.2, 0.25) is 0 Å². The van der Waals surface area contributed by atoms with Crippen LogP contribution in [-0.2, 0) is 4.79 Å². The maximum absolute atomic E-state index is 11.0. The van der Waals surface area contributed by atoms with Crippen LogP contribution in [0.3, 0.4) is 0 Å². The molecule has 1 aromatic rings. The zero-order valence-corrected chi connectivity index (χ0v) is 9.87. The van der Waals surface area contributed by atoms with Gasteiger partial charge in [-0.05, 0) is 13.0 Å². The topological polar surface area (TPSA) is 96.6 Å². The fourth-order valence-corrected chi connectivity index (χ4v) is 2.11.